The van der Waals surface area contributed by atoms with E-state index < -0.39 is 5.91 Å². The molecule has 0 saturated carbocycles. The fourth-order valence-corrected chi connectivity index (χ4v) is 2.61. The molecular formula is C19H18N4O2. The molecule has 2 amide bonds. The molecule has 6 nitrogen and oxygen atoms in total. The topological polar surface area (TPSA) is 89.5 Å². The molecule has 0 bridgehead atoms. The molecule has 126 valence electrons. The number of hydrogen-bond acceptors (Lipinski definition) is 3. The molecule has 3 rings (SSSR count). The van der Waals surface area contributed by atoms with Gasteiger partial charge in [0.2, 0.25) is 5.91 Å². The average molecular weight is 334 g/mol. The highest BCUT2D eigenvalue weighted by molar-refractivity contribution is 6.01. The zero-order valence-electron chi connectivity index (χ0n) is 13.8. The lowest BCUT2D eigenvalue weighted by atomic mass is 10.1. The molecule has 0 unspecified atom stereocenters. The maximum absolute atomic E-state index is 12.1. The van der Waals surface area contributed by atoms with Crippen molar-refractivity contribution in [1.82, 2.24) is 9.99 Å². The summed E-state index contributed by atoms with van der Waals surface area (Å²) in [4.78, 5) is 23.3. The Bertz CT molecular complexity index is 955. The van der Waals surface area contributed by atoms with Gasteiger partial charge in [-0.25, -0.2) is 5.43 Å². The van der Waals surface area contributed by atoms with Crippen molar-refractivity contribution in [2.24, 2.45) is 10.8 Å². The Hall–Kier alpha value is -3.41. The van der Waals surface area contributed by atoms with Gasteiger partial charge in [-0.05, 0) is 25.1 Å². The highest BCUT2D eigenvalue weighted by atomic mass is 16.2. The molecule has 0 aliphatic carbocycles. The van der Waals surface area contributed by atoms with Gasteiger partial charge in [0.25, 0.3) is 5.91 Å². The second kappa shape index (κ2) is 7.00. The van der Waals surface area contributed by atoms with Crippen LogP contribution < -0.4 is 11.2 Å². The SMILES string of the molecule is Cc1ccc(C(=O)N/N=C/c2cn(CC(N)=O)c3ccccc23)cc1. The van der Waals surface area contributed by atoms with Crippen LogP contribution in [0.4, 0.5) is 0 Å². The molecule has 0 radical (unpaired) electrons. The normalized spacial score (nSPS) is 11.1. The minimum atomic E-state index is -0.420. The summed E-state index contributed by atoms with van der Waals surface area (Å²) in [6.07, 6.45) is 3.35. The van der Waals surface area contributed by atoms with E-state index in [1.54, 1.807) is 29.1 Å². The van der Waals surface area contributed by atoms with Crippen LogP contribution in [-0.4, -0.2) is 22.6 Å². The Labute approximate surface area is 144 Å². The van der Waals surface area contributed by atoms with E-state index in [9.17, 15) is 9.59 Å². The van der Waals surface area contributed by atoms with Crippen molar-refractivity contribution in [3.05, 3.63) is 71.4 Å². The van der Waals surface area contributed by atoms with Gasteiger partial charge in [0.05, 0.1) is 6.21 Å². The number of aromatic nitrogens is 1. The molecule has 0 spiro atoms. The number of carbonyl (C=O) groups is 2. The number of hydrogen-bond donors (Lipinski definition) is 2. The standard InChI is InChI=1S/C19H18N4O2/c1-13-6-8-14(9-7-13)19(25)22-21-10-15-11-23(12-18(20)24)17-5-3-2-4-16(15)17/h2-11H,12H2,1H3,(H2,20,24)(H,22,25)/b21-10+. The van der Waals surface area contributed by atoms with Gasteiger partial charge >= 0.3 is 0 Å². The number of carbonyl (C=O) groups excluding carboxylic acids is 2. The van der Waals surface area contributed by atoms with E-state index in [4.69, 9.17) is 5.73 Å². The van der Waals surface area contributed by atoms with E-state index in [1.165, 1.54) is 0 Å². The highest BCUT2D eigenvalue weighted by Crippen LogP contribution is 2.19. The Morgan fingerprint density at radius 1 is 1.16 bits per heavy atom. The fraction of sp³-hybridized carbons (Fsp3) is 0.105. The van der Waals surface area contributed by atoms with Gasteiger partial charge in [0.1, 0.15) is 6.54 Å². The molecule has 6 heteroatoms. The number of fused-ring (bicyclic) bond motifs is 1. The van der Waals surface area contributed by atoms with Crippen molar-refractivity contribution in [2.75, 3.05) is 0 Å². The van der Waals surface area contributed by atoms with E-state index in [1.807, 2.05) is 43.3 Å². The molecule has 3 N–H and O–H groups in total. The minimum Gasteiger partial charge on any atom is -0.368 e. The lowest BCUT2D eigenvalue weighted by Gasteiger charge is -2.00. The maximum atomic E-state index is 12.1. The van der Waals surface area contributed by atoms with Gasteiger partial charge in [-0.3, -0.25) is 9.59 Å². The van der Waals surface area contributed by atoms with Gasteiger partial charge in [-0.2, -0.15) is 5.10 Å². The third-order valence-corrected chi connectivity index (χ3v) is 3.83. The van der Waals surface area contributed by atoms with E-state index in [0.717, 1.165) is 22.0 Å². The first-order chi connectivity index (χ1) is 12.0. The summed E-state index contributed by atoms with van der Waals surface area (Å²) in [5.41, 5.74) is 11.1. The minimum absolute atomic E-state index is 0.0874. The number of amides is 2. The number of aryl methyl sites for hydroxylation is 1. The molecule has 0 aliphatic rings. The Morgan fingerprint density at radius 3 is 2.60 bits per heavy atom. The predicted octanol–water partition coefficient (Wildman–Crippen LogP) is 2.20. The molecule has 0 saturated heterocycles. The van der Waals surface area contributed by atoms with Gasteiger partial charge in [0.15, 0.2) is 0 Å². The van der Waals surface area contributed by atoms with Gasteiger partial charge in [0, 0.05) is 28.2 Å². The van der Waals surface area contributed by atoms with Crippen LogP contribution in [0.1, 0.15) is 21.5 Å². The van der Waals surface area contributed by atoms with Crippen molar-refractivity contribution in [1.29, 1.82) is 0 Å². The van der Waals surface area contributed by atoms with E-state index in [2.05, 4.69) is 10.5 Å². The van der Waals surface area contributed by atoms with Gasteiger partial charge < -0.3 is 10.3 Å². The lowest BCUT2D eigenvalue weighted by molar-refractivity contribution is -0.118. The molecule has 1 heterocycles. The molecule has 0 fully saturated rings. The number of primary amides is 1. The van der Waals surface area contributed by atoms with Crippen molar-refractivity contribution in [3.8, 4) is 0 Å². The molecule has 3 aromatic rings. The maximum Gasteiger partial charge on any atom is 0.271 e. The van der Waals surface area contributed by atoms with Gasteiger partial charge in [-0.1, -0.05) is 35.9 Å². The van der Waals surface area contributed by atoms with Crippen LogP contribution in [0.5, 0.6) is 0 Å². The number of nitrogens with zero attached hydrogens (tertiary/aromatic N) is 2. The number of benzene rings is 2. The van der Waals surface area contributed by atoms with E-state index in [-0.39, 0.29) is 12.5 Å². The second-order valence-corrected chi connectivity index (χ2v) is 5.76. The van der Waals surface area contributed by atoms with Crippen LogP contribution in [-0.2, 0) is 11.3 Å². The average Bonchev–Trinajstić information content (AvgIpc) is 2.93. The summed E-state index contributed by atoms with van der Waals surface area (Å²) in [7, 11) is 0. The summed E-state index contributed by atoms with van der Waals surface area (Å²) in [6, 6.07) is 14.9. The molecule has 0 atom stereocenters. The van der Waals surface area contributed by atoms with Crippen LogP contribution in [0, 0.1) is 6.92 Å². The third-order valence-electron chi connectivity index (χ3n) is 3.83. The van der Waals surface area contributed by atoms with Crippen LogP contribution in [0.3, 0.4) is 0 Å². The predicted molar refractivity (Wildman–Crippen MR) is 97.4 cm³/mol. The van der Waals surface area contributed by atoms with Crippen LogP contribution in [0.2, 0.25) is 0 Å². The first-order valence-electron chi connectivity index (χ1n) is 7.81. The quantitative estimate of drug-likeness (QED) is 0.553. The number of hydrazone groups is 1. The summed E-state index contributed by atoms with van der Waals surface area (Å²) >= 11 is 0. The number of nitrogens with one attached hydrogen (secondary N) is 1. The van der Waals surface area contributed by atoms with E-state index >= 15 is 0 Å². The first-order valence-corrected chi connectivity index (χ1v) is 7.81. The second-order valence-electron chi connectivity index (χ2n) is 5.76. The summed E-state index contributed by atoms with van der Waals surface area (Å²) in [5.74, 6) is -0.700. The molecule has 2 aromatic carbocycles. The summed E-state index contributed by atoms with van der Waals surface area (Å²) < 4.78 is 1.76. The number of rotatable bonds is 5. The Morgan fingerprint density at radius 2 is 1.88 bits per heavy atom. The Balaban J connectivity index is 1.80. The Kier molecular flexibility index (Phi) is 4.61. The number of nitrogens with two attached hydrogens (primary N) is 1. The van der Waals surface area contributed by atoms with Crippen LogP contribution >= 0.6 is 0 Å². The monoisotopic (exact) mass is 334 g/mol. The summed E-state index contributed by atoms with van der Waals surface area (Å²) in [5, 5.41) is 4.96. The van der Waals surface area contributed by atoms with Crippen molar-refractivity contribution >= 4 is 28.9 Å². The third kappa shape index (κ3) is 3.74. The van der Waals surface area contributed by atoms with Crippen molar-refractivity contribution in [3.63, 3.8) is 0 Å². The van der Waals surface area contributed by atoms with Crippen molar-refractivity contribution < 1.29 is 9.59 Å². The fourth-order valence-electron chi connectivity index (χ4n) is 2.61. The summed E-state index contributed by atoms with van der Waals surface area (Å²) in [6.45, 7) is 2.05. The van der Waals surface area contributed by atoms with Gasteiger partial charge in [-0.15, -0.1) is 0 Å². The first kappa shape index (κ1) is 16.4. The largest absolute Gasteiger partial charge is 0.368 e. The van der Waals surface area contributed by atoms with Crippen LogP contribution in [0.15, 0.2) is 59.8 Å². The zero-order chi connectivity index (χ0) is 17.8. The molecule has 25 heavy (non-hydrogen) atoms. The number of para-hydroxylation sites is 1. The van der Waals surface area contributed by atoms with E-state index in [0.29, 0.717) is 5.56 Å². The smallest absolute Gasteiger partial charge is 0.271 e. The molecule has 1 aromatic heterocycles. The van der Waals surface area contributed by atoms with Crippen LogP contribution in [0.25, 0.3) is 10.9 Å². The molecular weight excluding hydrogens is 316 g/mol. The van der Waals surface area contributed by atoms with Crippen molar-refractivity contribution in [2.45, 2.75) is 13.5 Å². The molecule has 0 aliphatic heterocycles. The lowest BCUT2D eigenvalue weighted by Crippen LogP contribution is -2.18. The zero-order valence-corrected chi connectivity index (χ0v) is 13.8. The highest BCUT2D eigenvalue weighted by Gasteiger charge is 2.08.